The number of hydrogen-bond donors (Lipinski definition) is 0. The molecule has 0 bridgehead atoms. The molecule has 1 spiro atoms. The van der Waals surface area contributed by atoms with Gasteiger partial charge in [-0.25, -0.2) is 0 Å². The van der Waals surface area contributed by atoms with Crippen molar-refractivity contribution >= 4 is 0 Å². The van der Waals surface area contributed by atoms with Crippen LogP contribution in [0.2, 0.25) is 0 Å². The zero-order valence-electron chi connectivity index (χ0n) is 8.47. The zero-order valence-corrected chi connectivity index (χ0v) is 8.47. The lowest BCUT2D eigenvalue weighted by Crippen LogP contribution is -2.07. The second-order valence-electron chi connectivity index (χ2n) is 6.18. The van der Waals surface area contributed by atoms with Gasteiger partial charge >= 0.3 is 0 Å². The van der Waals surface area contributed by atoms with Crippen LogP contribution in [-0.4, -0.2) is 0 Å². The largest absolute Gasteiger partial charge is 0.0533 e. The molecular formula is C13H20. The minimum Gasteiger partial charge on any atom is -0.0533 e. The Morgan fingerprint density at radius 3 is 2.92 bits per heavy atom. The van der Waals surface area contributed by atoms with E-state index in [1.54, 1.807) is 38.5 Å². The molecule has 0 nitrogen and oxygen atoms in total. The van der Waals surface area contributed by atoms with Crippen LogP contribution in [0, 0.1) is 29.1 Å². The molecule has 4 aliphatic rings. The fourth-order valence-corrected chi connectivity index (χ4v) is 5.15. The van der Waals surface area contributed by atoms with E-state index in [1.165, 1.54) is 36.5 Å². The molecule has 0 saturated heterocycles. The van der Waals surface area contributed by atoms with Crippen LogP contribution in [-0.2, 0) is 0 Å². The maximum atomic E-state index is 1.66. The summed E-state index contributed by atoms with van der Waals surface area (Å²) in [5, 5.41) is 0. The Bertz CT molecular complexity index is 244. The summed E-state index contributed by atoms with van der Waals surface area (Å²) in [5.41, 5.74) is 0.952. The van der Waals surface area contributed by atoms with Crippen molar-refractivity contribution in [1.29, 1.82) is 0 Å². The molecule has 4 fully saturated rings. The van der Waals surface area contributed by atoms with Crippen molar-refractivity contribution in [2.45, 2.75) is 51.4 Å². The molecule has 0 N–H and O–H groups in total. The van der Waals surface area contributed by atoms with E-state index in [0.717, 1.165) is 5.41 Å². The van der Waals surface area contributed by atoms with Gasteiger partial charge in [0.25, 0.3) is 0 Å². The van der Waals surface area contributed by atoms with Gasteiger partial charge in [-0.3, -0.25) is 0 Å². The predicted octanol–water partition coefficient (Wildman–Crippen LogP) is 3.61. The van der Waals surface area contributed by atoms with E-state index in [1.807, 2.05) is 0 Å². The molecule has 0 amide bonds. The monoisotopic (exact) mass is 176 g/mol. The van der Waals surface area contributed by atoms with Crippen molar-refractivity contribution in [3.05, 3.63) is 0 Å². The molecule has 0 heterocycles. The van der Waals surface area contributed by atoms with Crippen molar-refractivity contribution in [3.63, 3.8) is 0 Å². The first-order valence-electron chi connectivity index (χ1n) is 6.42. The maximum Gasteiger partial charge on any atom is -0.0230 e. The molecule has 1 unspecified atom stereocenters. The Morgan fingerprint density at radius 2 is 1.92 bits per heavy atom. The van der Waals surface area contributed by atoms with Gasteiger partial charge in [0.15, 0.2) is 0 Å². The van der Waals surface area contributed by atoms with Gasteiger partial charge in [-0.2, -0.15) is 0 Å². The summed E-state index contributed by atoms with van der Waals surface area (Å²) in [6, 6.07) is 0. The zero-order chi connectivity index (χ0) is 8.47. The Hall–Kier alpha value is 0. The normalized spacial score (nSPS) is 62.8. The highest BCUT2D eigenvalue weighted by Crippen LogP contribution is 2.82. The lowest BCUT2D eigenvalue weighted by atomic mass is 9.87. The highest BCUT2D eigenvalue weighted by molar-refractivity contribution is 5.24. The topological polar surface area (TPSA) is 0 Å². The Labute approximate surface area is 81.1 Å². The van der Waals surface area contributed by atoms with Crippen LogP contribution in [0.4, 0.5) is 0 Å². The van der Waals surface area contributed by atoms with Crippen molar-refractivity contribution in [2.24, 2.45) is 29.1 Å². The van der Waals surface area contributed by atoms with Crippen LogP contribution in [0.25, 0.3) is 0 Å². The second-order valence-corrected chi connectivity index (χ2v) is 6.18. The quantitative estimate of drug-likeness (QED) is 0.529. The minimum atomic E-state index is 0.952. The fraction of sp³-hybridized carbons (Fsp3) is 1.00. The highest BCUT2D eigenvalue weighted by Gasteiger charge is 2.75. The molecule has 0 aromatic heterocycles. The smallest absolute Gasteiger partial charge is 0.0230 e. The summed E-state index contributed by atoms with van der Waals surface area (Å²) in [5.74, 6) is 4.93. The first-order valence-corrected chi connectivity index (χ1v) is 6.42. The molecule has 13 heavy (non-hydrogen) atoms. The minimum absolute atomic E-state index is 0.952. The van der Waals surface area contributed by atoms with Gasteiger partial charge < -0.3 is 0 Å². The van der Waals surface area contributed by atoms with Crippen LogP contribution < -0.4 is 0 Å². The average Bonchev–Trinajstić information content (AvgIpc) is 2.93. The van der Waals surface area contributed by atoms with E-state index in [0.29, 0.717) is 0 Å². The molecule has 4 saturated carbocycles. The molecule has 0 aliphatic heterocycles. The van der Waals surface area contributed by atoms with E-state index in [-0.39, 0.29) is 0 Å². The van der Waals surface area contributed by atoms with Crippen LogP contribution >= 0.6 is 0 Å². The second kappa shape index (κ2) is 2.15. The molecule has 0 aromatic carbocycles. The number of hydrogen-bond acceptors (Lipinski definition) is 0. The van der Waals surface area contributed by atoms with Gasteiger partial charge in [-0.1, -0.05) is 25.7 Å². The van der Waals surface area contributed by atoms with Gasteiger partial charge in [-0.05, 0) is 54.8 Å². The third kappa shape index (κ3) is 0.789. The predicted molar refractivity (Wildman–Crippen MR) is 53.3 cm³/mol. The van der Waals surface area contributed by atoms with Crippen LogP contribution in [0.3, 0.4) is 0 Å². The first-order chi connectivity index (χ1) is 6.42. The SMILES string of the molecule is C1CCCC23C[C@H]4C[C@H]4[C@@H]2[C@@H]3CC1. The van der Waals surface area contributed by atoms with Crippen molar-refractivity contribution in [2.75, 3.05) is 0 Å². The van der Waals surface area contributed by atoms with Crippen molar-refractivity contribution in [3.8, 4) is 0 Å². The number of rotatable bonds is 0. The number of fused-ring (bicyclic) bond motifs is 3. The summed E-state index contributed by atoms with van der Waals surface area (Å²) in [7, 11) is 0. The third-order valence-electron chi connectivity index (χ3n) is 5.71. The fourth-order valence-electron chi connectivity index (χ4n) is 5.15. The summed E-state index contributed by atoms with van der Waals surface area (Å²) in [6.07, 6.45) is 12.7. The molecule has 0 aromatic rings. The first kappa shape index (κ1) is 7.31. The molecule has 72 valence electrons. The lowest BCUT2D eigenvalue weighted by Gasteiger charge is -2.18. The van der Waals surface area contributed by atoms with Gasteiger partial charge in [0.2, 0.25) is 0 Å². The van der Waals surface area contributed by atoms with Gasteiger partial charge in [0, 0.05) is 0 Å². The summed E-state index contributed by atoms with van der Waals surface area (Å²) in [4.78, 5) is 0. The summed E-state index contributed by atoms with van der Waals surface area (Å²) < 4.78 is 0. The van der Waals surface area contributed by atoms with Crippen molar-refractivity contribution < 1.29 is 0 Å². The standard InChI is InChI=1S/C13H20/c1-2-4-6-13-8-9-7-10(9)12(13)11(13)5-3-1/h9-12H,1-8H2/t9-,10-,11+,12-,13?/m1/s1. The van der Waals surface area contributed by atoms with E-state index in [2.05, 4.69) is 0 Å². The molecule has 0 heteroatoms. The summed E-state index contributed by atoms with van der Waals surface area (Å²) in [6.45, 7) is 0. The van der Waals surface area contributed by atoms with Crippen LogP contribution in [0.15, 0.2) is 0 Å². The Balaban J connectivity index is 1.60. The Kier molecular flexibility index (Phi) is 1.21. The molecule has 0 radical (unpaired) electrons. The molecule has 5 atom stereocenters. The third-order valence-corrected chi connectivity index (χ3v) is 5.71. The van der Waals surface area contributed by atoms with Gasteiger partial charge in [0.1, 0.15) is 0 Å². The average molecular weight is 176 g/mol. The van der Waals surface area contributed by atoms with E-state index in [4.69, 9.17) is 0 Å². The molecule has 4 rings (SSSR count). The van der Waals surface area contributed by atoms with Crippen LogP contribution in [0.1, 0.15) is 51.4 Å². The van der Waals surface area contributed by atoms with E-state index < -0.39 is 0 Å². The maximum absolute atomic E-state index is 1.66. The van der Waals surface area contributed by atoms with Gasteiger partial charge in [0.05, 0.1) is 0 Å². The van der Waals surface area contributed by atoms with E-state index in [9.17, 15) is 0 Å². The summed E-state index contributed by atoms with van der Waals surface area (Å²) >= 11 is 0. The lowest BCUT2D eigenvalue weighted by molar-refractivity contribution is 0.329. The Morgan fingerprint density at radius 1 is 1.00 bits per heavy atom. The van der Waals surface area contributed by atoms with Crippen LogP contribution in [0.5, 0.6) is 0 Å². The van der Waals surface area contributed by atoms with Gasteiger partial charge in [-0.15, -0.1) is 0 Å². The molecule has 4 aliphatic carbocycles. The van der Waals surface area contributed by atoms with Crippen molar-refractivity contribution in [1.82, 2.24) is 0 Å². The van der Waals surface area contributed by atoms with E-state index >= 15 is 0 Å². The molecular weight excluding hydrogens is 156 g/mol. The highest BCUT2D eigenvalue weighted by atomic mass is 14.8.